The van der Waals surface area contributed by atoms with Crippen LogP contribution in [0.1, 0.15) is 95.1 Å². The van der Waals surface area contributed by atoms with Crippen molar-refractivity contribution in [1.29, 1.82) is 0 Å². The monoisotopic (exact) mass is 378 g/mol. The van der Waals surface area contributed by atoms with Crippen molar-refractivity contribution < 1.29 is 0 Å². The largest absolute Gasteiger partial charge is 0.0582 e. The van der Waals surface area contributed by atoms with Gasteiger partial charge in [0.25, 0.3) is 0 Å². The Kier molecular flexibility index (Phi) is 4.29. The molecule has 4 saturated carbocycles. The molecule has 4 aliphatic carbocycles. The maximum absolute atomic E-state index is 2.43. The van der Waals surface area contributed by atoms with E-state index in [-0.39, 0.29) is 0 Å². The first-order chi connectivity index (χ1) is 11.1. The second-order valence-electron chi connectivity index (χ2n) is 11.0. The molecule has 0 amide bonds. The van der Waals surface area contributed by atoms with Gasteiger partial charge in [0.15, 0.2) is 0 Å². The molecule has 1 heterocycles. The van der Waals surface area contributed by atoms with Crippen LogP contribution in [0.3, 0.4) is 0 Å². The fourth-order valence-corrected chi connectivity index (χ4v) is 11.7. The second-order valence-corrected chi connectivity index (χ2v) is 15.4. The van der Waals surface area contributed by atoms with Gasteiger partial charge >= 0.3 is 0 Å². The molecule has 5 rings (SSSR count). The lowest BCUT2D eigenvalue weighted by molar-refractivity contribution is -0.00191. The number of hydrogen-bond acceptors (Lipinski definition) is 0. The quantitative estimate of drug-likeness (QED) is 0.459. The van der Waals surface area contributed by atoms with Gasteiger partial charge in [-0.15, -0.1) is 0 Å². The molecular formula is C21H33P3. The summed E-state index contributed by atoms with van der Waals surface area (Å²) in [5, 5.41) is 5.43. The van der Waals surface area contributed by atoms with Gasteiger partial charge in [-0.05, 0) is 67.1 Å². The van der Waals surface area contributed by atoms with Gasteiger partial charge in [-0.2, -0.15) is 0 Å². The summed E-state index contributed by atoms with van der Waals surface area (Å²) < 4.78 is 0. The highest BCUT2D eigenvalue weighted by Gasteiger charge is 2.52. The molecule has 0 nitrogen and oxygen atoms in total. The SMILES string of the molecule is CC(C)(C)c1pc(C(C)(C)C)pc(C23CC4CC(CC(C4)C2)C3)p1. The summed E-state index contributed by atoms with van der Waals surface area (Å²) in [5.41, 5.74) is 1.28. The number of hydrogen-bond donors (Lipinski definition) is 0. The van der Waals surface area contributed by atoms with E-state index in [1.807, 2.05) is 5.03 Å². The topological polar surface area (TPSA) is 0 Å². The minimum atomic E-state index is 0.336. The Hall–Kier alpha value is 0.510. The van der Waals surface area contributed by atoms with Crippen molar-refractivity contribution in [1.82, 2.24) is 0 Å². The molecule has 24 heavy (non-hydrogen) atoms. The number of rotatable bonds is 1. The fourth-order valence-electron chi connectivity index (χ4n) is 5.67. The van der Waals surface area contributed by atoms with Gasteiger partial charge in [0.05, 0.1) is 0 Å². The molecule has 132 valence electrons. The van der Waals surface area contributed by atoms with Crippen LogP contribution in [0, 0.1) is 17.8 Å². The lowest BCUT2D eigenvalue weighted by Crippen LogP contribution is -2.47. The lowest BCUT2D eigenvalue weighted by Gasteiger charge is -2.57. The van der Waals surface area contributed by atoms with Crippen molar-refractivity contribution in [2.45, 2.75) is 96.3 Å². The molecule has 0 unspecified atom stereocenters. The highest BCUT2D eigenvalue weighted by Crippen LogP contribution is 2.65. The van der Waals surface area contributed by atoms with E-state index in [4.69, 9.17) is 0 Å². The average molecular weight is 378 g/mol. The molecule has 0 N–H and O–H groups in total. The minimum absolute atomic E-state index is 0.336. The summed E-state index contributed by atoms with van der Waals surface area (Å²) in [7, 11) is 4.83. The van der Waals surface area contributed by atoms with Gasteiger partial charge in [0, 0.05) is 20.5 Å². The molecule has 4 bridgehead atoms. The highest BCUT2D eigenvalue weighted by atomic mass is 31.1. The van der Waals surface area contributed by atoms with Crippen molar-refractivity contribution in [2.24, 2.45) is 17.8 Å². The first kappa shape index (κ1) is 17.9. The molecular weight excluding hydrogens is 345 g/mol. The third-order valence-electron chi connectivity index (χ3n) is 6.49. The van der Waals surface area contributed by atoms with E-state index < -0.39 is 0 Å². The van der Waals surface area contributed by atoms with Gasteiger partial charge in [-0.3, -0.25) is 0 Å². The fraction of sp³-hybridized carbons (Fsp3) is 0.857. The average Bonchev–Trinajstić information content (AvgIpc) is 2.43. The summed E-state index contributed by atoms with van der Waals surface area (Å²) in [6, 6.07) is 0. The van der Waals surface area contributed by atoms with Crippen molar-refractivity contribution in [3.8, 4) is 0 Å². The summed E-state index contributed by atoms with van der Waals surface area (Å²) in [5.74, 6) is 3.18. The van der Waals surface area contributed by atoms with Gasteiger partial charge in [0.2, 0.25) is 0 Å². The van der Waals surface area contributed by atoms with Crippen LogP contribution in [0.5, 0.6) is 0 Å². The van der Waals surface area contributed by atoms with E-state index in [2.05, 4.69) is 41.5 Å². The van der Waals surface area contributed by atoms with E-state index in [9.17, 15) is 0 Å². The Morgan fingerprint density at radius 3 is 1.38 bits per heavy atom. The molecule has 4 fully saturated rings. The normalized spacial score (nSPS) is 36.5. The molecule has 1 aromatic rings. The zero-order valence-corrected chi connectivity index (χ0v) is 19.0. The van der Waals surface area contributed by atoms with E-state index in [1.54, 1.807) is 53.9 Å². The van der Waals surface area contributed by atoms with Crippen LogP contribution >= 0.6 is 24.6 Å². The Bertz CT molecular complexity index is 580. The first-order valence-electron chi connectivity index (χ1n) is 9.83. The zero-order chi connectivity index (χ0) is 17.3. The highest BCUT2D eigenvalue weighted by molar-refractivity contribution is 7.61. The Morgan fingerprint density at radius 2 is 1.04 bits per heavy atom. The summed E-state index contributed by atoms with van der Waals surface area (Å²) in [6.07, 6.45) is 9.26. The lowest BCUT2D eigenvalue weighted by atomic mass is 9.50. The third kappa shape index (κ3) is 3.15. The van der Waals surface area contributed by atoms with Crippen molar-refractivity contribution >= 4 is 24.6 Å². The van der Waals surface area contributed by atoms with Gasteiger partial charge in [-0.1, -0.05) is 66.1 Å². The van der Waals surface area contributed by atoms with E-state index >= 15 is 0 Å². The van der Waals surface area contributed by atoms with Gasteiger partial charge < -0.3 is 0 Å². The van der Waals surface area contributed by atoms with Gasteiger partial charge in [0.1, 0.15) is 0 Å². The van der Waals surface area contributed by atoms with Crippen molar-refractivity contribution in [3.63, 3.8) is 0 Å². The zero-order valence-electron chi connectivity index (χ0n) is 16.3. The first-order valence-corrected chi connectivity index (χ1v) is 12.5. The van der Waals surface area contributed by atoms with Crippen molar-refractivity contribution in [2.75, 3.05) is 0 Å². The Balaban J connectivity index is 1.83. The van der Waals surface area contributed by atoms with Gasteiger partial charge in [-0.25, -0.2) is 0 Å². The third-order valence-corrected chi connectivity index (χ3v) is 13.2. The van der Waals surface area contributed by atoms with E-state index in [0.717, 1.165) is 17.8 Å². The minimum Gasteiger partial charge on any atom is -0.0582 e. The molecule has 1 aromatic heterocycles. The summed E-state index contributed by atoms with van der Waals surface area (Å²) in [6.45, 7) is 14.6. The van der Waals surface area contributed by atoms with Crippen LogP contribution in [0.25, 0.3) is 0 Å². The van der Waals surface area contributed by atoms with Crippen LogP contribution in [-0.2, 0) is 16.2 Å². The maximum atomic E-state index is 2.43. The molecule has 4 aliphatic rings. The second kappa shape index (κ2) is 5.75. The smallest absolute Gasteiger partial charge is 0.0141 e. The standard InChI is InChI=1S/C21H33P3/c1-19(2,3)16-22-17(20(4,5)6)24-18(23-16)21-10-13-7-14(11-21)9-15(8-13)12-21/h13-15H,7-12H2,1-6H3. The van der Waals surface area contributed by atoms with Crippen molar-refractivity contribution in [3.05, 3.63) is 15.1 Å². The summed E-state index contributed by atoms with van der Waals surface area (Å²) in [4.78, 5) is 0. The van der Waals surface area contributed by atoms with Crippen LogP contribution in [0.4, 0.5) is 0 Å². The summed E-state index contributed by atoms with van der Waals surface area (Å²) >= 11 is 0. The molecule has 0 aromatic carbocycles. The van der Waals surface area contributed by atoms with Crippen LogP contribution in [0.15, 0.2) is 0 Å². The van der Waals surface area contributed by atoms with E-state index in [0.29, 0.717) is 16.2 Å². The van der Waals surface area contributed by atoms with Crippen LogP contribution < -0.4 is 0 Å². The van der Waals surface area contributed by atoms with E-state index in [1.165, 1.54) is 19.3 Å². The maximum Gasteiger partial charge on any atom is 0.0141 e. The Labute approximate surface area is 153 Å². The van der Waals surface area contributed by atoms with Crippen LogP contribution in [0.2, 0.25) is 0 Å². The predicted octanol–water partition coefficient (Wildman–Crippen LogP) is 8.49. The predicted molar refractivity (Wildman–Crippen MR) is 111 cm³/mol. The molecule has 0 saturated heterocycles. The van der Waals surface area contributed by atoms with Crippen LogP contribution in [-0.4, -0.2) is 0 Å². The molecule has 0 atom stereocenters. The molecule has 0 aliphatic heterocycles. The Morgan fingerprint density at radius 1 is 0.667 bits per heavy atom. The molecule has 0 radical (unpaired) electrons. The molecule has 0 spiro atoms. The molecule has 3 heteroatoms.